The molecule has 0 amide bonds. The standard InChI is InChI=1S/C12H14NO.ClH/c1-12(2)9-6-4-5-7-10(9)13(3)11(12)8-14;/h4-8H,1-3H3;1H/q+1;/p-1. The molecule has 3 heteroatoms. The number of carbonyl (C=O) groups excluding carboxylic acids is 1. The molecule has 0 atom stereocenters. The molecule has 0 unspecified atom stereocenters. The fraction of sp³-hybridized carbons (Fsp3) is 0.333. The van der Waals surface area contributed by atoms with Gasteiger partial charge in [0.1, 0.15) is 7.05 Å². The molecule has 0 fully saturated rings. The number of benzene rings is 1. The minimum absolute atomic E-state index is 0. The lowest BCUT2D eigenvalue weighted by molar-refractivity contribution is -0.401. The van der Waals surface area contributed by atoms with Gasteiger partial charge in [0.25, 0.3) is 0 Å². The average Bonchev–Trinajstić information content (AvgIpc) is 2.36. The van der Waals surface area contributed by atoms with Crippen molar-refractivity contribution in [1.29, 1.82) is 0 Å². The predicted octanol–water partition coefficient (Wildman–Crippen LogP) is -1.10. The molecule has 1 heterocycles. The summed E-state index contributed by atoms with van der Waals surface area (Å²) in [5.74, 6) is 0. The summed E-state index contributed by atoms with van der Waals surface area (Å²) in [5.41, 5.74) is 3.04. The van der Waals surface area contributed by atoms with Gasteiger partial charge in [0.15, 0.2) is 0 Å². The topological polar surface area (TPSA) is 20.1 Å². The van der Waals surface area contributed by atoms with E-state index in [0.717, 1.165) is 17.7 Å². The minimum atomic E-state index is -0.160. The van der Waals surface area contributed by atoms with Gasteiger partial charge in [0.2, 0.25) is 17.7 Å². The zero-order chi connectivity index (χ0) is 10.3. The van der Waals surface area contributed by atoms with Gasteiger partial charge in [-0.2, -0.15) is 4.58 Å². The van der Waals surface area contributed by atoms with Crippen LogP contribution in [0.2, 0.25) is 0 Å². The molecular weight excluding hydrogens is 210 g/mol. The number of carbonyl (C=O) groups is 1. The Morgan fingerprint density at radius 3 is 2.40 bits per heavy atom. The third-order valence-corrected chi connectivity index (χ3v) is 3.05. The normalized spacial score (nSPS) is 17.0. The molecule has 1 aromatic rings. The van der Waals surface area contributed by atoms with Crippen molar-refractivity contribution in [2.45, 2.75) is 19.3 Å². The fourth-order valence-electron chi connectivity index (χ4n) is 2.21. The highest BCUT2D eigenvalue weighted by Crippen LogP contribution is 2.37. The van der Waals surface area contributed by atoms with E-state index in [2.05, 4.69) is 19.9 Å². The van der Waals surface area contributed by atoms with Crippen LogP contribution in [0.4, 0.5) is 5.69 Å². The zero-order valence-corrected chi connectivity index (χ0v) is 9.88. The molecule has 80 valence electrons. The number of aldehydes is 1. The van der Waals surface area contributed by atoms with Crippen LogP contribution < -0.4 is 12.4 Å². The predicted molar refractivity (Wildman–Crippen MR) is 56.4 cm³/mol. The first kappa shape index (κ1) is 11.9. The Balaban J connectivity index is 0.00000112. The summed E-state index contributed by atoms with van der Waals surface area (Å²) in [6.45, 7) is 4.16. The Morgan fingerprint density at radius 2 is 1.87 bits per heavy atom. The van der Waals surface area contributed by atoms with Gasteiger partial charge in [-0.3, -0.25) is 4.79 Å². The van der Waals surface area contributed by atoms with Crippen LogP contribution in [-0.4, -0.2) is 23.6 Å². The molecule has 2 rings (SSSR count). The van der Waals surface area contributed by atoms with Crippen LogP contribution in [0.5, 0.6) is 0 Å². The first-order valence-electron chi connectivity index (χ1n) is 4.75. The van der Waals surface area contributed by atoms with E-state index in [0.29, 0.717) is 0 Å². The molecule has 0 saturated carbocycles. The fourth-order valence-corrected chi connectivity index (χ4v) is 2.21. The molecule has 0 aromatic heterocycles. The second kappa shape index (κ2) is 3.78. The quantitative estimate of drug-likeness (QED) is 0.437. The van der Waals surface area contributed by atoms with E-state index in [4.69, 9.17) is 0 Å². The molecule has 1 aliphatic heterocycles. The minimum Gasteiger partial charge on any atom is -1.00 e. The molecule has 0 spiro atoms. The van der Waals surface area contributed by atoms with Crippen molar-refractivity contribution >= 4 is 17.7 Å². The molecule has 1 aliphatic rings. The van der Waals surface area contributed by atoms with E-state index < -0.39 is 0 Å². The van der Waals surface area contributed by atoms with Gasteiger partial charge in [-0.25, -0.2) is 0 Å². The van der Waals surface area contributed by atoms with Gasteiger partial charge in [-0.15, -0.1) is 0 Å². The highest BCUT2D eigenvalue weighted by molar-refractivity contribution is 6.31. The van der Waals surface area contributed by atoms with Crippen LogP contribution in [0.1, 0.15) is 19.4 Å². The van der Waals surface area contributed by atoms with E-state index in [1.165, 1.54) is 5.56 Å². The lowest BCUT2D eigenvalue weighted by atomic mass is 9.82. The van der Waals surface area contributed by atoms with E-state index in [9.17, 15) is 4.79 Å². The zero-order valence-electron chi connectivity index (χ0n) is 9.12. The summed E-state index contributed by atoms with van der Waals surface area (Å²) in [6, 6.07) is 8.15. The summed E-state index contributed by atoms with van der Waals surface area (Å²) in [7, 11) is 1.94. The second-order valence-corrected chi connectivity index (χ2v) is 4.20. The lowest BCUT2D eigenvalue weighted by Gasteiger charge is -2.13. The summed E-state index contributed by atoms with van der Waals surface area (Å²) in [5, 5.41) is 0. The third-order valence-electron chi connectivity index (χ3n) is 3.05. The van der Waals surface area contributed by atoms with Gasteiger partial charge in [-0.05, 0) is 13.8 Å². The van der Waals surface area contributed by atoms with Crippen LogP contribution in [-0.2, 0) is 10.2 Å². The number of halogens is 1. The molecule has 1 aromatic carbocycles. The Bertz CT molecular complexity index is 435. The van der Waals surface area contributed by atoms with Gasteiger partial charge in [0, 0.05) is 11.6 Å². The highest BCUT2D eigenvalue weighted by Gasteiger charge is 2.43. The number of para-hydroxylation sites is 1. The summed E-state index contributed by atoms with van der Waals surface area (Å²) in [4.78, 5) is 11.0. The second-order valence-electron chi connectivity index (χ2n) is 4.20. The van der Waals surface area contributed by atoms with Crippen molar-refractivity contribution in [2.24, 2.45) is 0 Å². The van der Waals surface area contributed by atoms with Crippen LogP contribution in [0.3, 0.4) is 0 Å². The number of hydrogen-bond acceptors (Lipinski definition) is 1. The van der Waals surface area contributed by atoms with Crippen LogP contribution in [0.15, 0.2) is 24.3 Å². The molecular formula is C12H14ClNO. The Kier molecular flexibility index (Phi) is 3.00. The maximum Gasteiger partial charge on any atom is 0.231 e. The SMILES string of the molecule is C[N+]1=C(C=O)C(C)(C)c2ccccc21.[Cl-]. The molecule has 0 radical (unpaired) electrons. The van der Waals surface area contributed by atoms with Crippen molar-refractivity contribution in [3.63, 3.8) is 0 Å². The first-order chi connectivity index (χ1) is 6.59. The van der Waals surface area contributed by atoms with Gasteiger partial charge in [-0.1, -0.05) is 18.2 Å². The smallest absolute Gasteiger partial charge is 0.231 e. The van der Waals surface area contributed by atoms with Crippen molar-refractivity contribution in [1.82, 2.24) is 0 Å². The Labute approximate surface area is 96.0 Å². The largest absolute Gasteiger partial charge is 1.00 e. The molecule has 15 heavy (non-hydrogen) atoms. The molecule has 0 saturated heterocycles. The highest BCUT2D eigenvalue weighted by atomic mass is 35.5. The van der Waals surface area contributed by atoms with Crippen LogP contribution >= 0.6 is 0 Å². The van der Waals surface area contributed by atoms with Crippen molar-refractivity contribution in [2.75, 3.05) is 7.05 Å². The number of nitrogens with zero attached hydrogens (tertiary/aromatic N) is 1. The number of hydrogen-bond donors (Lipinski definition) is 0. The van der Waals surface area contributed by atoms with Crippen LogP contribution in [0.25, 0.3) is 0 Å². The van der Waals surface area contributed by atoms with Crippen molar-refractivity contribution in [3.05, 3.63) is 29.8 Å². The summed E-state index contributed by atoms with van der Waals surface area (Å²) in [6.07, 6.45) is 0.958. The third kappa shape index (κ3) is 1.49. The monoisotopic (exact) mass is 223 g/mol. The molecule has 0 bridgehead atoms. The Morgan fingerprint density at radius 1 is 1.27 bits per heavy atom. The maximum absolute atomic E-state index is 11.0. The van der Waals surface area contributed by atoms with Gasteiger partial charge < -0.3 is 12.4 Å². The number of fused-ring (bicyclic) bond motifs is 1. The van der Waals surface area contributed by atoms with E-state index in [-0.39, 0.29) is 17.8 Å². The summed E-state index contributed by atoms with van der Waals surface area (Å²) < 4.78 is 1.97. The van der Waals surface area contributed by atoms with E-state index in [1.54, 1.807) is 0 Å². The lowest BCUT2D eigenvalue weighted by Crippen LogP contribution is -3.00. The molecule has 0 N–H and O–H groups in total. The number of rotatable bonds is 1. The molecule has 0 aliphatic carbocycles. The summed E-state index contributed by atoms with van der Waals surface area (Å²) >= 11 is 0. The van der Waals surface area contributed by atoms with Gasteiger partial charge in [0.05, 0.1) is 5.41 Å². The molecule has 2 nitrogen and oxygen atoms in total. The average molecular weight is 224 g/mol. The van der Waals surface area contributed by atoms with E-state index >= 15 is 0 Å². The van der Waals surface area contributed by atoms with Crippen LogP contribution in [0, 0.1) is 0 Å². The van der Waals surface area contributed by atoms with E-state index in [1.807, 2.05) is 29.8 Å². The Hall–Kier alpha value is -1.15. The first-order valence-corrected chi connectivity index (χ1v) is 4.75. The maximum atomic E-state index is 11.0. The van der Waals surface area contributed by atoms with Crippen molar-refractivity contribution < 1.29 is 21.8 Å². The van der Waals surface area contributed by atoms with Crippen molar-refractivity contribution in [3.8, 4) is 0 Å². The van der Waals surface area contributed by atoms with Gasteiger partial charge >= 0.3 is 0 Å².